The molecule has 2 aromatic carbocycles. The van der Waals surface area contributed by atoms with Crippen LogP contribution in [0.4, 0.5) is 0 Å². The molecule has 0 fully saturated rings. The van der Waals surface area contributed by atoms with Crippen molar-refractivity contribution in [2.24, 2.45) is 0 Å². The number of fused-ring (bicyclic) bond motifs is 1. The van der Waals surface area contributed by atoms with Gasteiger partial charge in [0, 0.05) is 10.9 Å². The standard InChI is InChI=1S/C22H22N2O4S/c1-14(16-6-7-20-21(11-16)27-9-8-26-20)23-22(25)17-4-3-5-19(10-17)28-12-18-13-29-15(2)24-18/h3-7,10-11,13-14H,8-9,12H2,1-2H3,(H,23,25). The van der Waals surface area contributed by atoms with E-state index in [1.165, 1.54) is 0 Å². The Hall–Kier alpha value is -3.06. The van der Waals surface area contributed by atoms with Crippen molar-refractivity contribution in [2.45, 2.75) is 26.5 Å². The second-order valence-corrected chi connectivity index (χ2v) is 7.83. The van der Waals surface area contributed by atoms with E-state index in [0.29, 0.717) is 36.9 Å². The molecule has 7 heteroatoms. The molecule has 2 heterocycles. The van der Waals surface area contributed by atoms with Gasteiger partial charge in [0.05, 0.1) is 16.7 Å². The Bertz CT molecular complexity index is 1020. The smallest absolute Gasteiger partial charge is 0.251 e. The average molecular weight is 410 g/mol. The largest absolute Gasteiger partial charge is 0.487 e. The van der Waals surface area contributed by atoms with E-state index < -0.39 is 0 Å². The fraction of sp³-hybridized carbons (Fsp3) is 0.273. The molecule has 1 aliphatic rings. The Balaban J connectivity index is 1.40. The molecule has 1 aromatic heterocycles. The number of aromatic nitrogens is 1. The first-order valence-corrected chi connectivity index (χ1v) is 10.3. The first-order valence-electron chi connectivity index (χ1n) is 9.43. The van der Waals surface area contributed by atoms with Crippen LogP contribution in [0.5, 0.6) is 17.2 Å². The highest BCUT2D eigenvalue weighted by molar-refractivity contribution is 7.09. The van der Waals surface area contributed by atoms with Gasteiger partial charge in [-0.2, -0.15) is 0 Å². The Morgan fingerprint density at radius 2 is 2.03 bits per heavy atom. The van der Waals surface area contributed by atoms with Crippen molar-refractivity contribution >= 4 is 17.2 Å². The number of aryl methyl sites for hydroxylation is 1. The number of nitrogens with one attached hydrogen (secondary N) is 1. The van der Waals surface area contributed by atoms with Crippen molar-refractivity contribution in [3.63, 3.8) is 0 Å². The van der Waals surface area contributed by atoms with Crippen LogP contribution in [0.25, 0.3) is 0 Å². The van der Waals surface area contributed by atoms with Crippen LogP contribution in [-0.2, 0) is 6.61 Å². The summed E-state index contributed by atoms with van der Waals surface area (Å²) in [6.45, 7) is 5.36. The van der Waals surface area contributed by atoms with Crippen molar-refractivity contribution in [2.75, 3.05) is 13.2 Å². The summed E-state index contributed by atoms with van der Waals surface area (Å²) in [5, 5.41) is 6.00. The molecule has 150 valence electrons. The normalized spacial score (nSPS) is 13.6. The number of carbonyl (C=O) groups is 1. The van der Waals surface area contributed by atoms with Crippen LogP contribution in [-0.4, -0.2) is 24.1 Å². The van der Waals surface area contributed by atoms with Crippen LogP contribution in [0.3, 0.4) is 0 Å². The molecule has 1 atom stereocenters. The first-order chi connectivity index (χ1) is 14.1. The molecule has 0 spiro atoms. The zero-order valence-electron chi connectivity index (χ0n) is 16.3. The van der Waals surface area contributed by atoms with Gasteiger partial charge in [-0.15, -0.1) is 11.3 Å². The van der Waals surface area contributed by atoms with Crippen molar-refractivity contribution in [3.8, 4) is 17.2 Å². The zero-order chi connectivity index (χ0) is 20.2. The Kier molecular flexibility index (Phi) is 5.67. The van der Waals surface area contributed by atoms with Crippen molar-refractivity contribution in [3.05, 3.63) is 69.7 Å². The molecule has 6 nitrogen and oxygen atoms in total. The minimum atomic E-state index is -0.180. The maximum Gasteiger partial charge on any atom is 0.251 e. The highest BCUT2D eigenvalue weighted by atomic mass is 32.1. The number of hydrogen-bond donors (Lipinski definition) is 1. The summed E-state index contributed by atoms with van der Waals surface area (Å²) in [4.78, 5) is 17.1. The van der Waals surface area contributed by atoms with E-state index in [2.05, 4.69) is 10.3 Å². The third kappa shape index (κ3) is 4.68. The van der Waals surface area contributed by atoms with E-state index in [1.54, 1.807) is 23.5 Å². The lowest BCUT2D eigenvalue weighted by molar-refractivity contribution is 0.0939. The van der Waals surface area contributed by atoms with Gasteiger partial charge in [-0.3, -0.25) is 4.79 Å². The Labute approximate surface area is 173 Å². The van der Waals surface area contributed by atoms with Gasteiger partial charge in [0.25, 0.3) is 5.91 Å². The number of thiazole rings is 1. The van der Waals surface area contributed by atoms with Crippen LogP contribution in [0.1, 0.15) is 39.6 Å². The molecular formula is C22H22N2O4S. The molecule has 0 saturated carbocycles. The molecule has 3 aromatic rings. The summed E-state index contributed by atoms with van der Waals surface area (Å²) in [6.07, 6.45) is 0. The van der Waals surface area contributed by atoms with E-state index >= 15 is 0 Å². The second-order valence-electron chi connectivity index (χ2n) is 6.77. The second kappa shape index (κ2) is 8.53. The van der Waals surface area contributed by atoms with Gasteiger partial charge in [0.2, 0.25) is 0 Å². The summed E-state index contributed by atoms with van der Waals surface area (Å²) < 4.78 is 17.0. The molecule has 29 heavy (non-hydrogen) atoms. The zero-order valence-corrected chi connectivity index (χ0v) is 17.1. The summed E-state index contributed by atoms with van der Waals surface area (Å²) in [6, 6.07) is 12.7. The number of nitrogens with zero attached hydrogens (tertiary/aromatic N) is 1. The van der Waals surface area contributed by atoms with Crippen LogP contribution in [0.15, 0.2) is 47.8 Å². The minimum absolute atomic E-state index is 0.164. The fourth-order valence-corrected chi connectivity index (χ4v) is 3.65. The van der Waals surface area contributed by atoms with E-state index in [9.17, 15) is 4.79 Å². The molecular weight excluding hydrogens is 388 g/mol. The predicted octanol–water partition coefficient (Wildman–Crippen LogP) is 4.29. The summed E-state index contributed by atoms with van der Waals surface area (Å²) in [5.74, 6) is 1.92. The number of amides is 1. The van der Waals surface area contributed by atoms with Crippen LogP contribution in [0.2, 0.25) is 0 Å². The lowest BCUT2D eigenvalue weighted by Gasteiger charge is -2.21. The summed E-state index contributed by atoms with van der Waals surface area (Å²) in [5.41, 5.74) is 2.38. The topological polar surface area (TPSA) is 69.7 Å². The number of rotatable bonds is 6. The van der Waals surface area contributed by atoms with Gasteiger partial charge in [-0.1, -0.05) is 12.1 Å². The Morgan fingerprint density at radius 3 is 2.83 bits per heavy atom. The average Bonchev–Trinajstić information content (AvgIpc) is 3.17. The maximum absolute atomic E-state index is 12.7. The maximum atomic E-state index is 12.7. The minimum Gasteiger partial charge on any atom is -0.487 e. The molecule has 4 rings (SSSR count). The quantitative estimate of drug-likeness (QED) is 0.656. The van der Waals surface area contributed by atoms with Gasteiger partial charge in [-0.05, 0) is 49.7 Å². The van der Waals surface area contributed by atoms with Gasteiger partial charge in [-0.25, -0.2) is 4.98 Å². The SMILES string of the molecule is Cc1nc(COc2cccc(C(=O)NC(C)c3ccc4c(c3)OCCO4)c2)cs1. The number of carbonyl (C=O) groups excluding carboxylic acids is 1. The molecule has 1 unspecified atom stereocenters. The molecule has 1 N–H and O–H groups in total. The Morgan fingerprint density at radius 1 is 1.21 bits per heavy atom. The molecule has 1 amide bonds. The molecule has 0 aliphatic carbocycles. The number of benzene rings is 2. The van der Waals surface area contributed by atoms with Crippen molar-refractivity contribution < 1.29 is 19.0 Å². The van der Waals surface area contributed by atoms with Crippen LogP contribution < -0.4 is 19.5 Å². The van der Waals surface area contributed by atoms with E-state index in [4.69, 9.17) is 14.2 Å². The van der Waals surface area contributed by atoms with E-state index in [0.717, 1.165) is 22.0 Å². The highest BCUT2D eigenvalue weighted by Crippen LogP contribution is 2.32. The number of ether oxygens (including phenoxy) is 3. The predicted molar refractivity (Wildman–Crippen MR) is 111 cm³/mol. The summed E-state index contributed by atoms with van der Waals surface area (Å²) in [7, 11) is 0. The molecule has 1 aliphatic heterocycles. The lowest BCUT2D eigenvalue weighted by Crippen LogP contribution is -2.26. The van der Waals surface area contributed by atoms with E-state index in [-0.39, 0.29) is 11.9 Å². The van der Waals surface area contributed by atoms with Crippen LogP contribution >= 0.6 is 11.3 Å². The van der Waals surface area contributed by atoms with Crippen molar-refractivity contribution in [1.29, 1.82) is 0 Å². The molecule has 0 radical (unpaired) electrons. The molecule has 0 saturated heterocycles. The fourth-order valence-electron chi connectivity index (χ4n) is 3.05. The summed E-state index contributed by atoms with van der Waals surface area (Å²) >= 11 is 1.59. The van der Waals surface area contributed by atoms with Crippen LogP contribution in [0, 0.1) is 6.92 Å². The van der Waals surface area contributed by atoms with Gasteiger partial charge < -0.3 is 19.5 Å². The van der Waals surface area contributed by atoms with Gasteiger partial charge in [0.1, 0.15) is 25.6 Å². The van der Waals surface area contributed by atoms with Gasteiger partial charge >= 0.3 is 0 Å². The molecule has 0 bridgehead atoms. The number of hydrogen-bond acceptors (Lipinski definition) is 6. The van der Waals surface area contributed by atoms with Gasteiger partial charge in [0.15, 0.2) is 11.5 Å². The third-order valence-electron chi connectivity index (χ3n) is 4.56. The first kappa shape index (κ1) is 19.3. The lowest BCUT2D eigenvalue weighted by atomic mass is 10.1. The van der Waals surface area contributed by atoms with Crippen molar-refractivity contribution in [1.82, 2.24) is 10.3 Å². The van der Waals surface area contributed by atoms with E-state index in [1.807, 2.05) is 49.6 Å². The highest BCUT2D eigenvalue weighted by Gasteiger charge is 2.17. The monoisotopic (exact) mass is 410 g/mol. The third-order valence-corrected chi connectivity index (χ3v) is 5.39.